The summed E-state index contributed by atoms with van der Waals surface area (Å²) in [5, 5.41) is 2.83. The van der Waals surface area contributed by atoms with E-state index in [1.165, 1.54) is 0 Å². The number of anilines is 1. The smallest absolute Gasteiger partial charge is 0.240 e. The van der Waals surface area contributed by atoms with Gasteiger partial charge >= 0.3 is 0 Å². The second-order valence-electron chi connectivity index (χ2n) is 8.82. The van der Waals surface area contributed by atoms with Crippen LogP contribution in [0.2, 0.25) is 0 Å². The molecular weight excluding hydrogens is 402 g/mol. The molecule has 1 saturated carbocycles. The summed E-state index contributed by atoms with van der Waals surface area (Å²) in [6.07, 6.45) is 7.53. The zero-order valence-electron chi connectivity index (χ0n) is 17.4. The van der Waals surface area contributed by atoms with E-state index in [2.05, 4.69) is 10.0 Å². The molecular formula is C22H31N3O4S. The van der Waals surface area contributed by atoms with Crippen molar-refractivity contribution < 1.29 is 18.0 Å². The number of amides is 2. The average Bonchev–Trinajstić information content (AvgIpc) is 3.21. The van der Waals surface area contributed by atoms with Crippen molar-refractivity contribution in [3.05, 3.63) is 23.8 Å². The molecule has 2 heterocycles. The van der Waals surface area contributed by atoms with E-state index >= 15 is 0 Å². The van der Waals surface area contributed by atoms with Crippen LogP contribution in [0.1, 0.15) is 56.9 Å². The Bertz CT molecular complexity index is 901. The van der Waals surface area contributed by atoms with Crippen molar-refractivity contribution in [1.82, 2.24) is 9.62 Å². The van der Waals surface area contributed by atoms with Crippen molar-refractivity contribution in [3.8, 4) is 0 Å². The molecule has 2 aliphatic heterocycles. The number of nitrogens with zero attached hydrogens (tertiary/aromatic N) is 1. The fourth-order valence-electron chi connectivity index (χ4n) is 4.84. The summed E-state index contributed by atoms with van der Waals surface area (Å²) in [5.74, 6) is 0.642. The van der Waals surface area contributed by atoms with Gasteiger partial charge in [0, 0.05) is 37.7 Å². The molecule has 2 fully saturated rings. The summed E-state index contributed by atoms with van der Waals surface area (Å²) in [7, 11) is -3.60. The lowest BCUT2D eigenvalue weighted by Gasteiger charge is -2.30. The zero-order valence-corrected chi connectivity index (χ0v) is 18.2. The second-order valence-corrected chi connectivity index (χ2v) is 10.6. The quantitative estimate of drug-likeness (QED) is 0.746. The molecule has 0 radical (unpaired) electrons. The number of hydrogen-bond acceptors (Lipinski definition) is 4. The zero-order chi connectivity index (χ0) is 21.1. The first kappa shape index (κ1) is 21.3. The van der Waals surface area contributed by atoms with E-state index in [1.54, 1.807) is 18.2 Å². The molecule has 8 heteroatoms. The molecule has 3 aliphatic rings. The molecule has 0 aromatic heterocycles. The van der Waals surface area contributed by atoms with Crippen LogP contribution in [-0.2, 0) is 26.0 Å². The predicted octanol–water partition coefficient (Wildman–Crippen LogP) is 2.67. The summed E-state index contributed by atoms with van der Waals surface area (Å²) in [6.45, 7) is 2.19. The normalized spacial score (nSPS) is 24.8. The van der Waals surface area contributed by atoms with Gasteiger partial charge in [0.15, 0.2) is 0 Å². The third-order valence-electron chi connectivity index (χ3n) is 6.69. The van der Waals surface area contributed by atoms with E-state index in [9.17, 15) is 18.0 Å². The van der Waals surface area contributed by atoms with Crippen LogP contribution in [0, 0.1) is 11.8 Å². The Morgan fingerprint density at radius 3 is 2.53 bits per heavy atom. The molecule has 0 atom stereocenters. The van der Waals surface area contributed by atoms with Gasteiger partial charge in [-0.25, -0.2) is 13.1 Å². The summed E-state index contributed by atoms with van der Waals surface area (Å²) in [6, 6.07) is 4.91. The molecule has 30 heavy (non-hydrogen) atoms. The molecule has 1 saturated heterocycles. The summed E-state index contributed by atoms with van der Waals surface area (Å²) in [5.41, 5.74) is 1.57. The van der Waals surface area contributed by atoms with Crippen molar-refractivity contribution in [1.29, 1.82) is 0 Å². The molecule has 4 rings (SSSR count). The van der Waals surface area contributed by atoms with Gasteiger partial charge in [-0.05, 0) is 81.0 Å². The Morgan fingerprint density at radius 1 is 1.07 bits per heavy atom. The van der Waals surface area contributed by atoms with E-state index in [4.69, 9.17) is 0 Å². The lowest BCUT2D eigenvalue weighted by molar-refractivity contribution is -0.135. The highest BCUT2D eigenvalue weighted by molar-refractivity contribution is 7.89. The molecule has 1 aromatic carbocycles. The van der Waals surface area contributed by atoms with Gasteiger partial charge in [-0.1, -0.05) is 0 Å². The Hall–Kier alpha value is -1.93. The van der Waals surface area contributed by atoms with Gasteiger partial charge in [0.1, 0.15) is 0 Å². The second kappa shape index (κ2) is 9.06. The Kier molecular flexibility index (Phi) is 6.43. The van der Waals surface area contributed by atoms with Crippen molar-refractivity contribution in [2.75, 3.05) is 25.0 Å². The van der Waals surface area contributed by atoms with Crippen LogP contribution >= 0.6 is 0 Å². The van der Waals surface area contributed by atoms with Gasteiger partial charge in [-0.3, -0.25) is 9.59 Å². The van der Waals surface area contributed by atoms with Gasteiger partial charge in [0.2, 0.25) is 21.8 Å². The van der Waals surface area contributed by atoms with Crippen molar-refractivity contribution in [2.45, 2.75) is 62.7 Å². The van der Waals surface area contributed by atoms with Gasteiger partial charge in [0.25, 0.3) is 0 Å². The molecule has 2 N–H and O–H groups in total. The van der Waals surface area contributed by atoms with Crippen molar-refractivity contribution in [3.63, 3.8) is 0 Å². The number of aryl methyl sites for hydroxylation is 1. The summed E-state index contributed by atoms with van der Waals surface area (Å²) in [4.78, 5) is 26.5. The first-order valence-electron chi connectivity index (χ1n) is 11.1. The number of benzene rings is 1. The number of carbonyl (C=O) groups is 2. The summed E-state index contributed by atoms with van der Waals surface area (Å²) < 4.78 is 28.4. The van der Waals surface area contributed by atoms with Gasteiger partial charge in [-0.15, -0.1) is 0 Å². The largest absolute Gasteiger partial charge is 0.342 e. The molecule has 1 aromatic rings. The number of carbonyl (C=O) groups excluding carboxylic acids is 2. The molecule has 164 valence electrons. The Morgan fingerprint density at radius 2 is 1.80 bits per heavy atom. The van der Waals surface area contributed by atoms with Crippen LogP contribution < -0.4 is 10.0 Å². The van der Waals surface area contributed by atoms with Crippen LogP contribution in [0.15, 0.2) is 23.1 Å². The standard InChI is InChI=1S/C22H31N3O4S/c26-21-5-3-4-18-14-19(10-11-20(18)24-21)30(28,29)23-15-16-6-8-17(9-7-16)22(27)25-12-1-2-13-25/h10-11,14,16-17,23H,1-9,12-13,15H2,(H,24,26). The maximum absolute atomic E-state index is 12.8. The topological polar surface area (TPSA) is 95.6 Å². The first-order chi connectivity index (χ1) is 14.4. The van der Waals surface area contributed by atoms with Crippen LogP contribution in [0.3, 0.4) is 0 Å². The number of likely N-dealkylation sites (tertiary alicyclic amines) is 1. The third kappa shape index (κ3) is 4.86. The SMILES string of the molecule is O=C1CCCc2cc(S(=O)(=O)NCC3CCC(C(=O)N4CCCC4)CC3)ccc2N1. The van der Waals surface area contributed by atoms with E-state index in [1.807, 2.05) is 4.90 Å². The van der Waals surface area contributed by atoms with E-state index in [0.717, 1.165) is 63.6 Å². The molecule has 0 spiro atoms. The number of nitrogens with one attached hydrogen (secondary N) is 2. The number of hydrogen-bond donors (Lipinski definition) is 2. The van der Waals surface area contributed by atoms with E-state index in [-0.39, 0.29) is 22.6 Å². The van der Waals surface area contributed by atoms with Crippen LogP contribution in [0.25, 0.3) is 0 Å². The third-order valence-corrected chi connectivity index (χ3v) is 8.11. The molecule has 7 nitrogen and oxygen atoms in total. The number of fused-ring (bicyclic) bond motifs is 1. The first-order valence-corrected chi connectivity index (χ1v) is 12.6. The monoisotopic (exact) mass is 433 g/mol. The Balaban J connectivity index is 1.31. The minimum atomic E-state index is -3.60. The molecule has 2 amide bonds. The van der Waals surface area contributed by atoms with Crippen LogP contribution in [-0.4, -0.2) is 44.8 Å². The predicted molar refractivity (Wildman–Crippen MR) is 114 cm³/mol. The van der Waals surface area contributed by atoms with Crippen LogP contribution in [0.4, 0.5) is 5.69 Å². The molecule has 1 aliphatic carbocycles. The lowest BCUT2D eigenvalue weighted by atomic mass is 9.81. The number of rotatable bonds is 5. The van der Waals surface area contributed by atoms with E-state index in [0.29, 0.717) is 31.0 Å². The maximum Gasteiger partial charge on any atom is 0.240 e. The van der Waals surface area contributed by atoms with Gasteiger partial charge < -0.3 is 10.2 Å². The maximum atomic E-state index is 12.8. The van der Waals surface area contributed by atoms with Gasteiger partial charge in [0.05, 0.1) is 4.90 Å². The highest BCUT2D eigenvalue weighted by atomic mass is 32.2. The number of sulfonamides is 1. The minimum Gasteiger partial charge on any atom is -0.342 e. The fraction of sp³-hybridized carbons (Fsp3) is 0.636. The van der Waals surface area contributed by atoms with Crippen LogP contribution in [0.5, 0.6) is 0 Å². The van der Waals surface area contributed by atoms with Gasteiger partial charge in [-0.2, -0.15) is 0 Å². The van der Waals surface area contributed by atoms with Crippen molar-refractivity contribution >= 4 is 27.5 Å². The fourth-order valence-corrected chi connectivity index (χ4v) is 6.00. The molecule has 0 unspecified atom stereocenters. The Labute approximate surface area is 178 Å². The van der Waals surface area contributed by atoms with E-state index < -0.39 is 10.0 Å². The highest BCUT2D eigenvalue weighted by Gasteiger charge is 2.31. The minimum absolute atomic E-state index is 0.0266. The summed E-state index contributed by atoms with van der Waals surface area (Å²) >= 11 is 0. The highest BCUT2D eigenvalue weighted by Crippen LogP contribution is 2.31. The van der Waals surface area contributed by atoms with Crippen molar-refractivity contribution in [2.24, 2.45) is 11.8 Å². The average molecular weight is 434 g/mol. The lowest BCUT2D eigenvalue weighted by Crippen LogP contribution is -2.37. The molecule has 0 bridgehead atoms.